The maximum Gasteiger partial charge on any atom is 0.160 e. The number of methoxy groups -OCH3 is 1. The maximum absolute atomic E-state index is 15.6. The van der Waals surface area contributed by atoms with Crippen molar-refractivity contribution in [2.75, 3.05) is 33.4 Å². The Labute approximate surface area is 214 Å². The summed E-state index contributed by atoms with van der Waals surface area (Å²) in [5.41, 5.74) is 1.09. The van der Waals surface area contributed by atoms with Crippen LogP contribution in [0.25, 0.3) is 10.9 Å². The van der Waals surface area contributed by atoms with Gasteiger partial charge in [-0.15, -0.1) is 0 Å². The van der Waals surface area contributed by atoms with Crippen molar-refractivity contribution < 1.29 is 23.0 Å². The molecule has 0 amide bonds. The first-order valence-corrected chi connectivity index (χ1v) is 12.3. The smallest absolute Gasteiger partial charge is 0.160 e. The predicted octanol–water partition coefficient (Wildman–Crippen LogP) is 6.09. The van der Waals surface area contributed by atoms with Crippen LogP contribution in [0.3, 0.4) is 0 Å². The van der Waals surface area contributed by atoms with Crippen LogP contribution in [0.1, 0.15) is 43.0 Å². The standard InChI is InChI=1S/C28H28ClF3N2O2/c1-36-20-5-7-26-21(16-20)27(22(29)17-33-26)24(31)8-9-28(18-35)10-13-34(14-11-28)12-2-3-19-4-6-23(30)25(32)15-19/h4-7,15-17,24,35H,8-14,18H2,1H3. The number of fused-ring (bicyclic) bond motifs is 1. The minimum absolute atomic E-state index is 0.0211. The van der Waals surface area contributed by atoms with Crippen LogP contribution in [0.2, 0.25) is 5.02 Å². The third-order valence-corrected chi connectivity index (χ3v) is 7.32. The number of likely N-dealkylation sites (tertiary alicyclic amines) is 1. The molecule has 0 spiro atoms. The Morgan fingerprint density at radius 2 is 1.94 bits per heavy atom. The number of aromatic nitrogens is 1. The van der Waals surface area contributed by atoms with Crippen molar-refractivity contribution in [1.82, 2.24) is 9.88 Å². The number of hydrogen-bond acceptors (Lipinski definition) is 4. The molecule has 1 aliphatic rings. The zero-order chi connectivity index (χ0) is 25.7. The van der Waals surface area contributed by atoms with Gasteiger partial charge in [0.1, 0.15) is 11.9 Å². The van der Waals surface area contributed by atoms with Gasteiger partial charge in [-0.25, -0.2) is 13.2 Å². The average molecular weight is 517 g/mol. The van der Waals surface area contributed by atoms with E-state index >= 15 is 4.39 Å². The minimum Gasteiger partial charge on any atom is -0.497 e. The van der Waals surface area contributed by atoms with E-state index in [1.807, 2.05) is 0 Å². The highest BCUT2D eigenvalue weighted by molar-refractivity contribution is 6.32. The molecule has 36 heavy (non-hydrogen) atoms. The summed E-state index contributed by atoms with van der Waals surface area (Å²) in [4.78, 5) is 6.44. The Morgan fingerprint density at radius 1 is 1.17 bits per heavy atom. The van der Waals surface area contributed by atoms with Gasteiger partial charge in [-0.3, -0.25) is 9.88 Å². The quantitative estimate of drug-likeness (QED) is 0.386. The first kappa shape index (κ1) is 26.3. The molecule has 2 aromatic carbocycles. The highest BCUT2D eigenvalue weighted by atomic mass is 35.5. The van der Waals surface area contributed by atoms with E-state index in [-0.39, 0.29) is 23.5 Å². The molecule has 0 radical (unpaired) electrons. The van der Waals surface area contributed by atoms with Crippen molar-refractivity contribution in [3.8, 4) is 17.6 Å². The van der Waals surface area contributed by atoms with Gasteiger partial charge < -0.3 is 9.84 Å². The van der Waals surface area contributed by atoms with Gasteiger partial charge in [0.25, 0.3) is 0 Å². The Kier molecular flexibility index (Phi) is 8.40. The van der Waals surface area contributed by atoms with Crippen molar-refractivity contribution in [2.45, 2.75) is 31.9 Å². The van der Waals surface area contributed by atoms with Gasteiger partial charge >= 0.3 is 0 Å². The van der Waals surface area contributed by atoms with E-state index in [9.17, 15) is 13.9 Å². The van der Waals surface area contributed by atoms with E-state index in [0.29, 0.717) is 66.7 Å². The number of piperidine rings is 1. The summed E-state index contributed by atoms with van der Waals surface area (Å²) in [5.74, 6) is 4.65. The maximum atomic E-state index is 15.6. The van der Waals surface area contributed by atoms with E-state index in [4.69, 9.17) is 16.3 Å². The molecule has 190 valence electrons. The second-order valence-electron chi connectivity index (χ2n) is 9.27. The van der Waals surface area contributed by atoms with Gasteiger partial charge in [0, 0.05) is 29.3 Å². The van der Waals surface area contributed by atoms with Gasteiger partial charge in [-0.05, 0) is 80.6 Å². The number of rotatable bonds is 7. The first-order chi connectivity index (χ1) is 17.3. The second kappa shape index (κ2) is 11.5. The summed E-state index contributed by atoms with van der Waals surface area (Å²) in [6.07, 6.45) is 2.33. The lowest BCUT2D eigenvalue weighted by Crippen LogP contribution is -2.42. The number of pyridine rings is 1. The Morgan fingerprint density at radius 3 is 2.64 bits per heavy atom. The topological polar surface area (TPSA) is 45.6 Å². The molecule has 1 unspecified atom stereocenters. The number of benzene rings is 2. The lowest BCUT2D eigenvalue weighted by molar-refractivity contribution is 0.0344. The number of halogens is 4. The van der Waals surface area contributed by atoms with Crippen molar-refractivity contribution in [2.24, 2.45) is 5.41 Å². The normalized spacial score (nSPS) is 16.4. The van der Waals surface area contributed by atoms with Crippen molar-refractivity contribution in [3.63, 3.8) is 0 Å². The summed E-state index contributed by atoms with van der Waals surface area (Å²) in [7, 11) is 1.55. The molecular formula is C28H28ClF3N2O2. The van der Waals surface area contributed by atoms with Crippen LogP contribution in [-0.4, -0.2) is 48.3 Å². The number of hydrogen-bond donors (Lipinski definition) is 1. The second-order valence-corrected chi connectivity index (χ2v) is 9.68. The Bertz CT molecular complexity index is 1280. The molecule has 4 rings (SSSR count). The van der Waals surface area contributed by atoms with Gasteiger partial charge in [0.2, 0.25) is 0 Å². The van der Waals surface area contributed by atoms with Crippen LogP contribution >= 0.6 is 11.6 Å². The van der Waals surface area contributed by atoms with Crippen LogP contribution < -0.4 is 4.74 Å². The molecule has 1 N–H and O–H groups in total. The fourth-order valence-corrected chi connectivity index (χ4v) is 4.96. The van der Waals surface area contributed by atoms with Crippen LogP contribution in [-0.2, 0) is 0 Å². The first-order valence-electron chi connectivity index (χ1n) is 11.9. The molecule has 3 aromatic rings. The van der Waals surface area contributed by atoms with Crippen molar-refractivity contribution in [1.29, 1.82) is 0 Å². The lowest BCUT2D eigenvalue weighted by Gasteiger charge is -2.40. The van der Waals surface area contributed by atoms with E-state index in [1.54, 1.807) is 25.3 Å². The minimum atomic E-state index is -1.31. The predicted molar refractivity (Wildman–Crippen MR) is 135 cm³/mol. The zero-order valence-electron chi connectivity index (χ0n) is 20.0. The lowest BCUT2D eigenvalue weighted by atomic mass is 9.74. The molecule has 0 saturated carbocycles. The number of nitrogens with zero attached hydrogens (tertiary/aromatic N) is 2. The molecule has 0 bridgehead atoms. The monoisotopic (exact) mass is 516 g/mol. The van der Waals surface area contributed by atoms with Crippen LogP contribution in [0, 0.1) is 28.9 Å². The van der Waals surface area contributed by atoms with Gasteiger partial charge in [-0.2, -0.15) is 0 Å². The highest BCUT2D eigenvalue weighted by Gasteiger charge is 2.35. The molecule has 8 heteroatoms. The summed E-state index contributed by atoms with van der Waals surface area (Å²) < 4.78 is 47.2. The van der Waals surface area contributed by atoms with Crippen LogP contribution in [0.5, 0.6) is 5.75 Å². The van der Waals surface area contributed by atoms with Gasteiger partial charge in [-0.1, -0.05) is 23.4 Å². The molecule has 0 aliphatic carbocycles. The molecule has 1 aliphatic heterocycles. The van der Waals surface area contributed by atoms with Crippen LogP contribution in [0.4, 0.5) is 13.2 Å². The number of alkyl halides is 1. The van der Waals surface area contributed by atoms with E-state index in [1.165, 1.54) is 12.3 Å². The van der Waals surface area contributed by atoms with Gasteiger partial charge in [0.05, 0.1) is 24.2 Å². The van der Waals surface area contributed by atoms with E-state index < -0.39 is 17.8 Å². The summed E-state index contributed by atoms with van der Waals surface area (Å²) in [6, 6.07) is 8.89. The number of ether oxygens (including phenoxy) is 1. The van der Waals surface area contributed by atoms with Crippen molar-refractivity contribution in [3.05, 3.63) is 70.4 Å². The third kappa shape index (κ3) is 5.95. The summed E-state index contributed by atoms with van der Waals surface area (Å²) in [5, 5.41) is 11.1. The van der Waals surface area contributed by atoms with Gasteiger partial charge in [0.15, 0.2) is 11.6 Å². The van der Waals surface area contributed by atoms with E-state index in [0.717, 1.165) is 12.1 Å². The van der Waals surface area contributed by atoms with Crippen LogP contribution in [0.15, 0.2) is 42.6 Å². The van der Waals surface area contributed by atoms with Crippen molar-refractivity contribution >= 4 is 22.5 Å². The van der Waals surface area contributed by atoms with E-state index in [2.05, 4.69) is 21.7 Å². The average Bonchev–Trinajstić information content (AvgIpc) is 2.89. The molecule has 1 aromatic heterocycles. The Balaban J connectivity index is 1.37. The molecule has 1 atom stereocenters. The third-order valence-electron chi connectivity index (χ3n) is 7.02. The highest BCUT2D eigenvalue weighted by Crippen LogP contribution is 2.41. The fourth-order valence-electron chi connectivity index (χ4n) is 4.69. The molecular weight excluding hydrogens is 489 g/mol. The molecule has 1 saturated heterocycles. The number of aliphatic hydroxyl groups is 1. The Hall–Kier alpha value is -2.79. The summed E-state index contributed by atoms with van der Waals surface area (Å²) in [6.45, 7) is 1.87. The fraction of sp³-hybridized carbons (Fsp3) is 0.393. The zero-order valence-corrected chi connectivity index (χ0v) is 20.8. The summed E-state index contributed by atoms with van der Waals surface area (Å²) >= 11 is 6.36. The number of aliphatic hydroxyl groups excluding tert-OH is 1. The molecule has 4 nitrogen and oxygen atoms in total. The molecule has 1 fully saturated rings. The molecule has 2 heterocycles. The largest absolute Gasteiger partial charge is 0.497 e. The SMILES string of the molecule is COc1ccc2ncc(Cl)c(C(F)CCC3(CO)CCN(CC#Cc4ccc(F)c(F)c4)CC3)c2c1.